The Morgan fingerprint density at radius 3 is 3.19 bits per heavy atom. The lowest BCUT2D eigenvalue weighted by molar-refractivity contribution is 0.0957. The van der Waals surface area contributed by atoms with Crippen LogP contribution in [0.1, 0.15) is 46.1 Å². The average Bonchev–Trinajstić information content (AvgIpc) is 3.05. The molecule has 1 atom stereocenters. The van der Waals surface area contributed by atoms with Gasteiger partial charge in [-0.1, -0.05) is 6.07 Å². The molecule has 5 heteroatoms. The van der Waals surface area contributed by atoms with Gasteiger partial charge in [0, 0.05) is 23.2 Å². The second kappa shape index (κ2) is 3.74. The SMILES string of the molecule is Cc1ccc2c3c4c([nH]c13)[C@H]1CCCN1CC4=NNC2=O. The first-order valence-corrected chi connectivity index (χ1v) is 7.50. The van der Waals surface area contributed by atoms with E-state index in [0.29, 0.717) is 6.04 Å². The molecule has 0 bridgehead atoms. The molecule has 1 aromatic heterocycles. The van der Waals surface area contributed by atoms with Crippen LogP contribution in [0.2, 0.25) is 0 Å². The van der Waals surface area contributed by atoms with Crippen LogP contribution in [0.25, 0.3) is 10.9 Å². The summed E-state index contributed by atoms with van der Waals surface area (Å²) in [5, 5.41) is 5.45. The highest BCUT2D eigenvalue weighted by atomic mass is 16.2. The Labute approximate surface area is 122 Å². The number of hydrogen-bond acceptors (Lipinski definition) is 3. The normalized spacial score (nSPS) is 23.8. The number of nitrogens with one attached hydrogen (secondary N) is 2. The van der Waals surface area contributed by atoms with Crippen molar-refractivity contribution in [2.45, 2.75) is 25.8 Å². The molecule has 0 saturated carbocycles. The van der Waals surface area contributed by atoms with E-state index in [1.54, 1.807) is 0 Å². The lowest BCUT2D eigenvalue weighted by Crippen LogP contribution is -2.36. The van der Waals surface area contributed by atoms with E-state index in [0.717, 1.165) is 35.3 Å². The van der Waals surface area contributed by atoms with E-state index >= 15 is 0 Å². The highest BCUT2D eigenvalue weighted by molar-refractivity contribution is 6.21. The molecule has 1 saturated heterocycles. The van der Waals surface area contributed by atoms with Crippen molar-refractivity contribution in [3.05, 3.63) is 34.5 Å². The zero-order chi connectivity index (χ0) is 14.1. The smallest absolute Gasteiger partial charge is 0.272 e. The fraction of sp³-hybridized carbons (Fsp3) is 0.375. The molecule has 0 aliphatic carbocycles. The van der Waals surface area contributed by atoms with Crippen molar-refractivity contribution in [3.63, 3.8) is 0 Å². The number of H-pyrrole nitrogens is 1. The number of aryl methyl sites for hydroxylation is 1. The maximum absolute atomic E-state index is 12.3. The molecule has 21 heavy (non-hydrogen) atoms. The fourth-order valence-electron chi connectivity index (χ4n) is 4.08. The lowest BCUT2D eigenvalue weighted by Gasteiger charge is -2.30. The van der Waals surface area contributed by atoms with Crippen LogP contribution in [0.5, 0.6) is 0 Å². The van der Waals surface area contributed by atoms with Crippen molar-refractivity contribution < 1.29 is 4.79 Å². The molecule has 5 nitrogen and oxygen atoms in total. The molecule has 3 aliphatic rings. The zero-order valence-corrected chi connectivity index (χ0v) is 11.9. The van der Waals surface area contributed by atoms with Gasteiger partial charge >= 0.3 is 0 Å². The van der Waals surface area contributed by atoms with Gasteiger partial charge in [0.1, 0.15) is 0 Å². The number of hydrazone groups is 1. The molecule has 3 aliphatic heterocycles. The standard InChI is InChI=1S/C16H16N4O/c1-8-4-5-9-12-13-10(18-19-16(9)21)7-20-6-2-3-11(20)15(13)17-14(8)12/h4-5,11,17H,2-3,6-7H2,1H3,(H,19,21)/t11-/m1/s1. The van der Waals surface area contributed by atoms with Gasteiger partial charge in [-0.3, -0.25) is 9.69 Å². The number of amides is 1. The van der Waals surface area contributed by atoms with Crippen LogP contribution in [-0.2, 0) is 0 Å². The van der Waals surface area contributed by atoms with E-state index in [1.165, 1.54) is 29.7 Å². The van der Waals surface area contributed by atoms with Gasteiger partial charge in [-0.05, 0) is 37.9 Å². The van der Waals surface area contributed by atoms with Crippen LogP contribution in [0.3, 0.4) is 0 Å². The fourth-order valence-corrected chi connectivity index (χ4v) is 4.08. The topological polar surface area (TPSA) is 60.5 Å². The highest BCUT2D eigenvalue weighted by Gasteiger charge is 2.38. The highest BCUT2D eigenvalue weighted by Crippen LogP contribution is 2.42. The lowest BCUT2D eigenvalue weighted by atomic mass is 9.93. The second-order valence-corrected chi connectivity index (χ2v) is 6.22. The van der Waals surface area contributed by atoms with Gasteiger partial charge in [0.05, 0.1) is 22.8 Å². The van der Waals surface area contributed by atoms with E-state index in [9.17, 15) is 4.79 Å². The summed E-state index contributed by atoms with van der Waals surface area (Å²) in [5.74, 6) is -0.108. The van der Waals surface area contributed by atoms with Crippen LogP contribution >= 0.6 is 0 Å². The molecule has 0 spiro atoms. The number of nitrogens with zero attached hydrogens (tertiary/aromatic N) is 2. The Morgan fingerprint density at radius 1 is 1.38 bits per heavy atom. The quantitative estimate of drug-likeness (QED) is 0.776. The van der Waals surface area contributed by atoms with E-state index in [4.69, 9.17) is 0 Å². The van der Waals surface area contributed by atoms with Crippen LogP contribution in [-0.4, -0.2) is 34.6 Å². The molecule has 2 N–H and O–H groups in total. The van der Waals surface area contributed by atoms with Crippen molar-refractivity contribution in [2.75, 3.05) is 13.1 Å². The number of aromatic amines is 1. The minimum absolute atomic E-state index is 0.108. The average molecular weight is 280 g/mol. The molecule has 1 fully saturated rings. The molecule has 0 radical (unpaired) electrons. The van der Waals surface area contributed by atoms with Crippen LogP contribution < -0.4 is 5.43 Å². The number of carbonyl (C=O) groups excluding carboxylic acids is 1. The molecule has 1 aromatic carbocycles. The predicted molar refractivity (Wildman–Crippen MR) is 80.6 cm³/mol. The van der Waals surface area contributed by atoms with Crippen LogP contribution in [0.15, 0.2) is 17.2 Å². The minimum Gasteiger partial charge on any atom is -0.356 e. The number of carbonyl (C=O) groups is 1. The molecular weight excluding hydrogens is 264 g/mol. The molecule has 106 valence electrons. The predicted octanol–water partition coefficient (Wildman–Crippen LogP) is 2.07. The van der Waals surface area contributed by atoms with Crippen molar-refractivity contribution in [1.29, 1.82) is 0 Å². The minimum atomic E-state index is -0.108. The van der Waals surface area contributed by atoms with E-state index in [1.807, 2.05) is 12.1 Å². The van der Waals surface area contributed by atoms with Gasteiger partial charge in [-0.15, -0.1) is 0 Å². The van der Waals surface area contributed by atoms with Crippen molar-refractivity contribution in [1.82, 2.24) is 15.3 Å². The van der Waals surface area contributed by atoms with Crippen LogP contribution in [0.4, 0.5) is 0 Å². The first-order valence-electron chi connectivity index (χ1n) is 7.50. The van der Waals surface area contributed by atoms with Gasteiger partial charge in [-0.25, -0.2) is 5.43 Å². The van der Waals surface area contributed by atoms with Gasteiger partial charge in [0.25, 0.3) is 5.91 Å². The maximum atomic E-state index is 12.3. The third kappa shape index (κ3) is 1.34. The summed E-state index contributed by atoms with van der Waals surface area (Å²) in [6.07, 6.45) is 2.41. The molecule has 4 heterocycles. The second-order valence-electron chi connectivity index (χ2n) is 6.22. The monoisotopic (exact) mass is 280 g/mol. The molecule has 1 amide bonds. The molecular formula is C16H16N4O. The van der Waals surface area contributed by atoms with Gasteiger partial charge < -0.3 is 4.98 Å². The largest absolute Gasteiger partial charge is 0.356 e. The van der Waals surface area contributed by atoms with Crippen molar-refractivity contribution >= 4 is 22.5 Å². The summed E-state index contributed by atoms with van der Waals surface area (Å²) in [5.41, 5.74) is 9.13. The zero-order valence-electron chi connectivity index (χ0n) is 11.9. The summed E-state index contributed by atoms with van der Waals surface area (Å²) in [4.78, 5) is 18.4. The van der Waals surface area contributed by atoms with Crippen molar-refractivity contribution in [2.24, 2.45) is 5.10 Å². The molecule has 0 unspecified atom stereocenters. The Kier molecular flexibility index (Phi) is 2.05. The third-order valence-corrected chi connectivity index (χ3v) is 5.07. The van der Waals surface area contributed by atoms with Crippen LogP contribution in [0, 0.1) is 6.92 Å². The number of rotatable bonds is 0. The number of fused-ring (bicyclic) bond motifs is 2. The number of hydrogen-bond donors (Lipinski definition) is 2. The first kappa shape index (κ1) is 11.5. The molecule has 5 rings (SSSR count). The summed E-state index contributed by atoms with van der Waals surface area (Å²) in [7, 11) is 0. The number of benzene rings is 1. The number of aromatic nitrogens is 1. The molecule has 2 aromatic rings. The van der Waals surface area contributed by atoms with E-state index in [-0.39, 0.29) is 5.91 Å². The Hall–Kier alpha value is -2.14. The van der Waals surface area contributed by atoms with Gasteiger partial charge in [0.2, 0.25) is 0 Å². The van der Waals surface area contributed by atoms with Gasteiger partial charge in [0.15, 0.2) is 0 Å². The summed E-state index contributed by atoms with van der Waals surface area (Å²) in [6.45, 7) is 4.03. The van der Waals surface area contributed by atoms with Gasteiger partial charge in [-0.2, -0.15) is 5.10 Å². The van der Waals surface area contributed by atoms with E-state index < -0.39 is 0 Å². The Bertz CT molecular complexity index is 832. The third-order valence-electron chi connectivity index (χ3n) is 5.07. The summed E-state index contributed by atoms with van der Waals surface area (Å²) in [6, 6.07) is 4.38. The van der Waals surface area contributed by atoms with E-state index in [2.05, 4.69) is 27.3 Å². The van der Waals surface area contributed by atoms with Crippen molar-refractivity contribution in [3.8, 4) is 0 Å². The summed E-state index contributed by atoms with van der Waals surface area (Å²) >= 11 is 0. The Morgan fingerprint density at radius 2 is 2.29 bits per heavy atom. The summed E-state index contributed by atoms with van der Waals surface area (Å²) < 4.78 is 0. The first-order chi connectivity index (χ1) is 10.2. The Balaban J connectivity index is 1.94. The maximum Gasteiger partial charge on any atom is 0.272 e.